The lowest BCUT2D eigenvalue weighted by Crippen LogP contribution is -2.18. The number of carbonyl (C=O) groups excluding carboxylic acids is 1. The quantitative estimate of drug-likeness (QED) is 0.246. The van der Waals surface area contributed by atoms with Crippen LogP contribution in [-0.4, -0.2) is 106 Å². The van der Waals surface area contributed by atoms with Gasteiger partial charge in [-0.15, -0.1) is 11.8 Å². The largest absolute Gasteiger partial charge is 0.356 e. The highest BCUT2D eigenvalue weighted by molar-refractivity contribution is 5.54. The molecule has 12 heteroatoms. The molecule has 266 valence electrons. The van der Waals surface area contributed by atoms with Crippen molar-refractivity contribution in [1.82, 2.24) is 0 Å². The molecule has 4 aliphatic rings. The van der Waals surface area contributed by atoms with Gasteiger partial charge in [-0.1, -0.05) is 25.2 Å². The Morgan fingerprint density at radius 2 is 1.04 bits per heavy atom. The van der Waals surface area contributed by atoms with Gasteiger partial charge in [0.2, 0.25) is 0 Å². The Morgan fingerprint density at radius 1 is 0.609 bits per heavy atom. The summed E-state index contributed by atoms with van der Waals surface area (Å²) in [5.74, 6) is 12.5. The standard InChI is InChI=1S/C9H18O3.2C9H14O3.C7H12O3/c3*1-4-5-7-6-8(10-2)12-9(7)11-3;1-5-3-6(4-8)7(9-2)10-5/h7-9H,4-6H2,1-3H3;2*7-9H,6H2,1-3H3;4-7H,3H2,1-2H3. The Bertz CT molecular complexity index is 883. The van der Waals surface area contributed by atoms with Crippen LogP contribution in [-0.2, 0) is 56.9 Å². The first-order chi connectivity index (χ1) is 22.2. The number of aldehydes is 1. The predicted molar refractivity (Wildman–Crippen MR) is 170 cm³/mol. The molecule has 0 N–H and O–H groups in total. The van der Waals surface area contributed by atoms with Crippen molar-refractivity contribution in [2.24, 2.45) is 23.7 Å². The molecule has 0 spiro atoms. The smallest absolute Gasteiger partial charge is 0.174 e. The summed E-state index contributed by atoms with van der Waals surface area (Å²) in [6.07, 6.45) is 5.46. The van der Waals surface area contributed by atoms with Gasteiger partial charge >= 0.3 is 0 Å². The van der Waals surface area contributed by atoms with E-state index in [1.165, 1.54) is 6.42 Å². The summed E-state index contributed by atoms with van der Waals surface area (Å²) in [5.41, 5.74) is 0. The van der Waals surface area contributed by atoms with Crippen LogP contribution in [0.4, 0.5) is 0 Å². The Balaban J connectivity index is 0.000000307. The minimum Gasteiger partial charge on any atom is -0.356 e. The summed E-state index contributed by atoms with van der Waals surface area (Å²) in [4.78, 5) is 10.4. The van der Waals surface area contributed by atoms with E-state index in [9.17, 15) is 4.79 Å². The maximum atomic E-state index is 10.4. The zero-order valence-corrected chi connectivity index (χ0v) is 29.6. The van der Waals surface area contributed by atoms with E-state index in [0.717, 1.165) is 38.4 Å². The van der Waals surface area contributed by atoms with Crippen molar-refractivity contribution in [1.29, 1.82) is 0 Å². The van der Waals surface area contributed by atoms with Crippen LogP contribution < -0.4 is 0 Å². The van der Waals surface area contributed by atoms with Crippen molar-refractivity contribution in [2.75, 3.05) is 49.8 Å². The van der Waals surface area contributed by atoms with Crippen molar-refractivity contribution in [3.05, 3.63) is 0 Å². The average molecular weight is 659 g/mol. The van der Waals surface area contributed by atoms with E-state index in [1.54, 1.807) is 49.8 Å². The van der Waals surface area contributed by atoms with Gasteiger partial charge in [0.1, 0.15) is 6.29 Å². The lowest BCUT2D eigenvalue weighted by Gasteiger charge is -2.14. The van der Waals surface area contributed by atoms with Crippen LogP contribution in [0, 0.1) is 47.4 Å². The first kappa shape index (κ1) is 42.4. The van der Waals surface area contributed by atoms with E-state index in [1.807, 2.05) is 20.8 Å². The van der Waals surface area contributed by atoms with Crippen molar-refractivity contribution in [3.8, 4) is 23.7 Å². The molecule has 4 aliphatic heterocycles. The molecule has 0 saturated carbocycles. The second-order valence-electron chi connectivity index (χ2n) is 11.1. The molecule has 0 radical (unpaired) electrons. The third-order valence-electron chi connectivity index (χ3n) is 7.82. The molecule has 4 rings (SSSR count). The van der Waals surface area contributed by atoms with Gasteiger partial charge < -0.3 is 56.9 Å². The maximum absolute atomic E-state index is 10.4. The van der Waals surface area contributed by atoms with Gasteiger partial charge in [-0.25, -0.2) is 0 Å². The second kappa shape index (κ2) is 24.5. The molecule has 12 atom stereocenters. The molecule has 0 bridgehead atoms. The monoisotopic (exact) mass is 658 g/mol. The summed E-state index contributed by atoms with van der Waals surface area (Å²) in [6.45, 7) is 7.74. The van der Waals surface area contributed by atoms with Crippen LogP contribution in [0.3, 0.4) is 0 Å². The van der Waals surface area contributed by atoms with Gasteiger partial charge in [0, 0.05) is 74.9 Å². The van der Waals surface area contributed by atoms with Crippen LogP contribution in [0.5, 0.6) is 0 Å². The molecule has 4 heterocycles. The molecular weight excluding hydrogens is 600 g/mol. The van der Waals surface area contributed by atoms with E-state index in [-0.39, 0.29) is 67.9 Å². The van der Waals surface area contributed by atoms with Crippen molar-refractivity contribution in [3.63, 3.8) is 0 Å². The Hall–Kier alpha value is -1.65. The first-order valence-electron chi connectivity index (χ1n) is 15.8. The second-order valence-corrected chi connectivity index (χ2v) is 11.1. The molecule has 4 fully saturated rings. The number of carbonyl (C=O) groups is 1. The van der Waals surface area contributed by atoms with Crippen molar-refractivity contribution < 1.29 is 56.9 Å². The van der Waals surface area contributed by atoms with Crippen LogP contribution in [0.25, 0.3) is 0 Å². The fraction of sp³-hybridized carbons (Fsp3) is 0.853. The Kier molecular flexibility index (Phi) is 22.6. The molecule has 0 aromatic heterocycles. The lowest BCUT2D eigenvalue weighted by atomic mass is 10.0. The summed E-state index contributed by atoms with van der Waals surface area (Å²) in [7, 11) is 11.4. The van der Waals surface area contributed by atoms with E-state index in [0.29, 0.717) is 5.92 Å². The summed E-state index contributed by atoms with van der Waals surface area (Å²) in [5, 5.41) is 0. The molecule has 4 saturated heterocycles. The normalized spacial score (nSPS) is 36.0. The Morgan fingerprint density at radius 3 is 1.39 bits per heavy atom. The summed E-state index contributed by atoms with van der Waals surface area (Å²) in [6, 6.07) is 0. The highest BCUT2D eigenvalue weighted by atomic mass is 16.8. The minimum atomic E-state index is -0.313. The van der Waals surface area contributed by atoms with Gasteiger partial charge in [-0.3, -0.25) is 0 Å². The van der Waals surface area contributed by atoms with Crippen LogP contribution >= 0.6 is 0 Å². The third-order valence-corrected chi connectivity index (χ3v) is 7.82. The average Bonchev–Trinajstić information content (AvgIpc) is 3.86. The Labute approximate surface area is 276 Å². The SMILES string of the molecule is CC#CC1CC(OC)OC1OC.CC#CC1CC(OC)OC1OC.CCCC1CC(OC)OC1OC.COC1OC(C)CC1C=O. The lowest BCUT2D eigenvalue weighted by molar-refractivity contribution is -0.193. The zero-order chi connectivity index (χ0) is 34.5. The molecule has 46 heavy (non-hydrogen) atoms. The van der Waals surface area contributed by atoms with Gasteiger partial charge in [-0.2, -0.15) is 0 Å². The number of ether oxygens (including phenoxy) is 11. The predicted octanol–water partition coefficient (Wildman–Crippen LogP) is 4.33. The van der Waals surface area contributed by atoms with Crippen molar-refractivity contribution >= 4 is 6.29 Å². The molecule has 0 amide bonds. The summed E-state index contributed by atoms with van der Waals surface area (Å²) >= 11 is 0. The van der Waals surface area contributed by atoms with E-state index in [2.05, 4.69) is 30.6 Å². The van der Waals surface area contributed by atoms with Crippen LogP contribution in [0.2, 0.25) is 0 Å². The van der Waals surface area contributed by atoms with Crippen LogP contribution in [0.15, 0.2) is 0 Å². The van der Waals surface area contributed by atoms with Crippen LogP contribution in [0.1, 0.15) is 66.2 Å². The zero-order valence-electron chi connectivity index (χ0n) is 29.6. The summed E-state index contributed by atoms with van der Waals surface area (Å²) < 4.78 is 57.1. The minimum absolute atomic E-state index is 0.0603. The highest BCUT2D eigenvalue weighted by Crippen LogP contribution is 2.31. The molecule has 12 nitrogen and oxygen atoms in total. The molecule has 0 aromatic rings. The molecular formula is C34H58O12. The maximum Gasteiger partial charge on any atom is 0.174 e. The molecule has 0 aliphatic carbocycles. The highest BCUT2D eigenvalue weighted by Gasteiger charge is 2.36. The van der Waals surface area contributed by atoms with E-state index < -0.39 is 0 Å². The van der Waals surface area contributed by atoms with Gasteiger partial charge in [0.15, 0.2) is 44.0 Å². The number of hydrogen-bond acceptors (Lipinski definition) is 12. The van der Waals surface area contributed by atoms with Gasteiger partial charge in [0.25, 0.3) is 0 Å². The fourth-order valence-electron chi connectivity index (χ4n) is 5.53. The first-order valence-corrected chi connectivity index (χ1v) is 15.8. The molecule has 0 aromatic carbocycles. The molecule has 12 unspecified atom stereocenters. The number of rotatable bonds is 10. The van der Waals surface area contributed by atoms with Gasteiger partial charge in [0.05, 0.1) is 23.9 Å². The van der Waals surface area contributed by atoms with E-state index >= 15 is 0 Å². The van der Waals surface area contributed by atoms with E-state index in [4.69, 9.17) is 52.1 Å². The third kappa shape index (κ3) is 14.2. The fourth-order valence-corrected chi connectivity index (χ4v) is 5.53. The number of methoxy groups -OCH3 is 7. The topological polar surface area (TPSA) is 119 Å². The number of hydrogen-bond donors (Lipinski definition) is 0. The van der Waals surface area contributed by atoms with Crippen molar-refractivity contribution in [2.45, 2.75) is 116 Å². The van der Waals surface area contributed by atoms with Gasteiger partial charge in [-0.05, 0) is 33.6 Å².